The minimum atomic E-state index is -0.351. The third kappa shape index (κ3) is 3.56. The van der Waals surface area contributed by atoms with Crippen LogP contribution in [-0.2, 0) is 6.54 Å². The summed E-state index contributed by atoms with van der Waals surface area (Å²) in [5.74, 6) is -0.351. The third-order valence-corrected chi connectivity index (χ3v) is 6.13. The van der Waals surface area contributed by atoms with E-state index in [1.165, 1.54) is 12.1 Å². The molecule has 0 atom stereocenters. The van der Waals surface area contributed by atoms with E-state index < -0.39 is 0 Å². The minimum absolute atomic E-state index is 0.0387. The van der Waals surface area contributed by atoms with Crippen molar-refractivity contribution in [1.82, 2.24) is 5.32 Å². The monoisotopic (exact) mass is 427 g/mol. The molecule has 0 radical (unpaired) electrons. The zero-order valence-corrected chi connectivity index (χ0v) is 16.6. The number of hydrogen-bond acceptors (Lipinski definition) is 2. The molecule has 1 N–H and O–H groups in total. The Bertz CT molecular complexity index is 900. The number of fused-ring (bicyclic) bond motifs is 1. The van der Waals surface area contributed by atoms with E-state index in [1.807, 2.05) is 0 Å². The molecule has 0 spiro atoms. The number of benzene rings is 2. The van der Waals surface area contributed by atoms with Crippen LogP contribution in [0.15, 0.2) is 30.3 Å². The number of hydrogen-bond donors (Lipinski definition) is 1. The van der Waals surface area contributed by atoms with Crippen LogP contribution in [0.1, 0.15) is 18.4 Å². The lowest BCUT2D eigenvalue weighted by Crippen LogP contribution is -2.53. The van der Waals surface area contributed by atoms with Crippen LogP contribution < -0.4 is 15.1 Å². The van der Waals surface area contributed by atoms with Gasteiger partial charge in [0, 0.05) is 25.7 Å². The molecule has 2 heterocycles. The highest BCUT2D eigenvalue weighted by Gasteiger charge is 2.33. The number of nitrogens with one attached hydrogen (secondary N) is 1. The maximum absolute atomic E-state index is 13.3. The fourth-order valence-electron chi connectivity index (χ4n) is 3.77. The Morgan fingerprint density at radius 2 is 1.67 bits per heavy atom. The van der Waals surface area contributed by atoms with Crippen LogP contribution in [0.3, 0.4) is 0 Å². The number of carbonyl (C=O) groups excluding carboxylic acids is 1. The molecule has 0 unspecified atom stereocenters. The molecule has 142 valence electrons. The summed E-state index contributed by atoms with van der Waals surface area (Å²) < 4.78 is 13.3. The van der Waals surface area contributed by atoms with E-state index in [1.54, 1.807) is 23.1 Å². The van der Waals surface area contributed by atoms with Gasteiger partial charge in [-0.05, 0) is 48.7 Å². The van der Waals surface area contributed by atoms with Crippen LogP contribution in [0, 0.1) is 5.82 Å². The van der Waals surface area contributed by atoms with Gasteiger partial charge in [0.2, 0.25) is 0 Å². The SMILES string of the molecule is O=C1NCc2cc(Cl)c(Cl)cc2N1C1CCN(c2ccc(F)cc2Cl)CC1. The molecule has 27 heavy (non-hydrogen) atoms. The van der Waals surface area contributed by atoms with E-state index in [-0.39, 0.29) is 17.9 Å². The standard InChI is InChI=1S/C19H17Cl3FN3O/c20-14-7-11-10-24-19(27)26(18(11)9-15(14)21)13-3-5-25(6-4-13)17-2-1-12(23)8-16(17)22/h1-2,7-9,13H,3-6,10H2,(H,24,27). The smallest absolute Gasteiger partial charge is 0.322 e. The predicted octanol–water partition coefficient (Wildman–Crippen LogP) is 5.48. The molecule has 0 aromatic heterocycles. The summed E-state index contributed by atoms with van der Waals surface area (Å²) in [6.07, 6.45) is 1.53. The molecule has 2 amide bonds. The molecular formula is C19H17Cl3FN3O. The molecular weight excluding hydrogens is 412 g/mol. The normalized spacial score (nSPS) is 17.7. The summed E-state index contributed by atoms with van der Waals surface area (Å²) in [5.41, 5.74) is 2.58. The van der Waals surface area contributed by atoms with Crippen molar-refractivity contribution in [3.8, 4) is 0 Å². The zero-order valence-electron chi connectivity index (χ0n) is 14.3. The Morgan fingerprint density at radius 3 is 2.37 bits per heavy atom. The van der Waals surface area contributed by atoms with Gasteiger partial charge in [-0.15, -0.1) is 0 Å². The molecule has 1 saturated heterocycles. The summed E-state index contributed by atoms with van der Waals surface area (Å²) in [5, 5.41) is 4.21. The van der Waals surface area contributed by atoms with E-state index in [0.29, 0.717) is 21.6 Å². The number of halogens is 4. The molecule has 2 aromatic rings. The predicted molar refractivity (Wildman–Crippen MR) is 108 cm³/mol. The number of rotatable bonds is 2. The number of anilines is 2. The second kappa shape index (κ2) is 7.38. The fourth-order valence-corrected chi connectivity index (χ4v) is 4.40. The van der Waals surface area contributed by atoms with Gasteiger partial charge in [0.05, 0.1) is 26.4 Å². The molecule has 2 aliphatic heterocycles. The number of piperidine rings is 1. The van der Waals surface area contributed by atoms with Crippen molar-refractivity contribution in [2.24, 2.45) is 0 Å². The van der Waals surface area contributed by atoms with Gasteiger partial charge in [-0.2, -0.15) is 0 Å². The van der Waals surface area contributed by atoms with E-state index in [2.05, 4.69) is 10.2 Å². The van der Waals surface area contributed by atoms with Gasteiger partial charge in [-0.3, -0.25) is 4.90 Å². The van der Waals surface area contributed by atoms with E-state index in [9.17, 15) is 9.18 Å². The Kier molecular flexibility index (Phi) is 5.10. The maximum atomic E-state index is 13.3. The van der Waals surface area contributed by atoms with Crippen molar-refractivity contribution < 1.29 is 9.18 Å². The van der Waals surface area contributed by atoms with Crippen molar-refractivity contribution in [2.75, 3.05) is 22.9 Å². The quantitative estimate of drug-likeness (QED) is 0.687. The number of amides is 2. The van der Waals surface area contributed by atoms with Gasteiger partial charge in [-0.1, -0.05) is 34.8 Å². The van der Waals surface area contributed by atoms with Crippen LogP contribution in [-0.4, -0.2) is 25.2 Å². The van der Waals surface area contributed by atoms with E-state index in [4.69, 9.17) is 34.8 Å². The van der Waals surface area contributed by atoms with Crippen LogP contribution in [0.2, 0.25) is 15.1 Å². The number of urea groups is 1. The number of carbonyl (C=O) groups is 1. The largest absolute Gasteiger partial charge is 0.370 e. The van der Waals surface area contributed by atoms with Gasteiger partial charge in [0.1, 0.15) is 5.82 Å². The summed E-state index contributed by atoms with van der Waals surface area (Å²) in [6, 6.07) is 7.91. The van der Waals surface area contributed by atoms with Gasteiger partial charge < -0.3 is 10.2 Å². The summed E-state index contributed by atoms with van der Waals surface area (Å²) >= 11 is 18.5. The molecule has 4 nitrogen and oxygen atoms in total. The highest BCUT2D eigenvalue weighted by molar-refractivity contribution is 6.42. The highest BCUT2D eigenvalue weighted by atomic mass is 35.5. The lowest BCUT2D eigenvalue weighted by atomic mass is 9.99. The van der Waals surface area contributed by atoms with Gasteiger partial charge in [0.25, 0.3) is 0 Å². The van der Waals surface area contributed by atoms with Crippen molar-refractivity contribution >= 4 is 52.2 Å². The van der Waals surface area contributed by atoms with Gasteiger partial charge in [-0.25, -0.2) is 9.18 Å². The van der Waals surface area contributed by atoms with Crippen molar-refractivity contribution in [2.45, 2.75) is 25.4 Å². The molecule has 0 saturated carbocycles. The molecule has 2 aliphatic rings. The van der Waals surface area contributed by atoms with Crippen molar-refractivity contribution in [3.63, 3.8) is 0 Å². The summed E-state index contributed by atoms with van der Waals surface area (Å²) in [6.45, 7) is 1.87. The van der Waals surface area contributed by atoms with Crippen LogP contribution in [0.25, 0.3) is 0 Å². The average molecular weight is 429 g/mol. The van der Waals surface area contributed by atoms with Gasteiger partial charge in [0.15, 0.2) is 0 Å². The highest BCUT2D eigenvalue weighted by Crippen LogP contribution is 2.37. The van der Waals surface area contributed by atoms with Crippen LogP contribution in [0.5, 0.6) is 0 Å². The Balaban J connectivity index is 1.55. The number of nitrogens with zero attached hydrogens (tertiary/aromatic N) is 2. The molecule has 0 aliphatic carbocycles. The first-order chi connectivity index (χ1) is 12.9. The Labute approximate surface area is 171 Å². The Morgan fingerprint density at radius 1 is 0.963 bits per heavy atom. The molecule has 4 rings (SSSR count). The second-order valence-electron chi connectivity index (χ2n) is 6.74. The van der Waals surface area contributed by atoms with Crippen molar-refractivity contribution in [1.29, 1.82) is 0 Å². The summed E-state index contributed by atoms with van der Waals surface area (Å²) in [7, 11) is 0. The van der Waals surface area contributed by atoms with Gasteiger partial charge >= 0.3 is 6.03 Å². The topological polar surface area (TPSA) is 35.6 Å². The van der Waals surface area contributed by atoms with Crippen molar-refractivity contribution in [3.05, 3.63) is 56.8 Å². The maximum Gasteiger partial charge on any atom is 0.322 e. The molecule has 0 bridgehead atoms. The first kappa shape index (κ1) is 18.7. The fraction of sp³-hybridized carbons (Fsp3) is 0.316. The second-order valence-corrected chi connectivity index (χ2v) is 7.96. The first-order valence-corrected chi connectivity index (χ1v) is 9.82. The first-order valence-electron chi connectivity index (χ1n) is 8.69. The Hall–Kier alpha value is -1.69. The van der Waals surface area contributed by atoms with Crippen LogP contribution in [0.4, 0.5) is 20.6 Å². The zero-order chi connectivity index (χ0) is 19.1. The van der Waals surface area contributed by atoms with E-state index >= 15 is 0 Å². The molecule has 1 fully saturated rings. The third-order valence-electron chi connectivity index (χ3n) is 5.11. The van der Waals surface area contributed by atoms with E-state index in [0.717, 1.165) is 42.9 Å². The van der Waals surface area contributed by atoms with Crippen LogP contribution >= 0.6 is 34.8 Å². The average Bonchev–Trinajstić information content (AvgIpc) is 2.64. The summed E-state index contributed by atoms with van der Waals surface area (Å²) in [4.78, 5) is 16.5. The lowest BCUT2D eigenvalue weighted by molar-refractivity contribution is 0.240. The minimum Gasteiger partial charge on any atom is -0.370 e. The lowest BCUT2D eigenvalue weighted by Gasteiger charge is -2.41. The molecule has 2 aromatic carbocycles. The molecule has 8 heteroatoms.